The fraction of sp³-hybridized carbons (Fsp3) is 0.300. The number of rotatable bonds is 4. The summed E-state index contributed by atoms with van der Waals surface area (Å²) in [6.07, 6.45) is 0. The fourth-order valence-corrected chi connectivity index (χ4v) is 4.10. The quantitative estimate of drug-likeness (QED) is 0.679. The minimum absolute atomic E-state index is 0.00374. The molecule has 0 unspecified atom stereocenters. The molecule has 142 valence electrons. The minimum Gasteiger partial charge on any atom is -0.478 e. The molecule has 0 bridgehead atoms. The van der Waals surface area contributed by atoms with Crippen molar-refractivity contribution in [3.63, 3.8) is 0 Å². The van der Waals surface area contributed by atoms with Crippen LogP contribution in [0.2, 0.25) is 0 Å². The molecular weight excluding hydrogens is 368 g/mol. The van der Waals surface area contributed by atoms with Gasteiger partial charge in [-0.3, -0.25) is 4.79 Å². The first kappa shape index (κ1) is 19.1. The Hall–Kier alpha value is -2.67. The second-order valence-corrected chi connectivity index (χ2v) is 9.56. The maximum absolute atomic E-state index is 13.0. The molecule has 0 aliphatic carbocycles. The number of aromatic carboxylic acids is 1. The molecular formula is C20H20O6S. The number of fused-ring (bicyclic) bond motifs is 2. The monoisotopic (exact) mass is 388 g/mol. The molecule has 27 heavy (non-hydrogen) atoms. The molecule has 1 heterocycles. The summed E-state index contributed by atoms with van der Waals surface area (Å²) < 4.78 is 31.5. The van der Waals surface area contributed by atoms with E-state index >= 15 is 0 Å². The van der Waals surface area contributed by atoms with E-state index in [0.29, 0.717) is 5.56 Å². The molecule has 0 saturated heterocycles. The third-order valence-corrected chi connectivity index (χ3v) is 6.76. The number of carboxylic acids is 1. The van der Waals surface area contributed by atoms with E-state index in [2.05, 4.69) is 0 Å². The standard InChI is InChI=1S/C20H20O6S/c1-10(2)13-8-15-18(21)14-7-12(20(22)23)5-6-16(14)26-19(15)17(9-13)27(24,25)11(3)4/h5-11H,1-4H3,(H,22,23). The topological polar surface area (TPSA) is 102 Å². The molecule has 0 fully saturated rings. The van der Waals surface area contributed by atoms with Gasteiger partial charge in [-0.2, -0.15) is 0 Å². The van der Waals surface area contributed by atoms with Gasteiger partial charge in [-0.05, 0) is 55.7 Å². The highest BCUT2D eigenvalue weighted by Gasteiger charge is 2.26. The van der Waals surface area contributed by atoms with Crippen molar-refractivity contribution in [2.75, 3.05) is 0 Å². The van der Waals surface area contributed by atoms with Gasteiger partial charge in [-0.25, -0.2) is 13.2 Å². The maximum Gasteiger partial charge on any atom is 0.335 e. The van der Waals surface area contributed by atoms with Crippen molar-refractivity contribution in [3.8, 4) is 0 Å². The van der Waals surface area contributed by atoms with Gasteiger partial charge in [0.25, 0.3) is 0 Å². The molecule has 2 aromatic carbocycles. The number of hydrogen-bond acceptors (Lipinski definition) is 5. The van der Waals surface area contributed by atoms with Crippen molar-refractivity contribution in [2.24, 2.45) is 0 Å². The average molecular weight is 388 g/mol. The summed E-state index contributed by atoms with van der Waals surface area (Å²) in [5.41, 5.74) is 0.368. The third kappa shape index (κ3) is 3.12. The van der Waals surface area contributed by atoms with E-state index in [0.717, 1.165) is 0 Å². The molecule has 1 aromatic heterocycles. The lowest BCUT2D eigenvalue weighted by Crippen LogP contribution is -2.16. The van der Waals surface area contributed by atoms with Crippen LogP contribution in [0, 0.1) is 0 Å². The summed E-state index contributed by atoms with van der Waals surface area (Å²) in [7, 11) is -3.69. The lowest BCUT2D eigenvalue weighted by Gasteiger charge is -2.14. The molecule has 6 nitrogen and oxygen atoms in total. The van der Waals surface area contributed by atoms with Crippen molar-refractivity contribution < 1.29 is 22.7 Å². The molecule has 0 spiro atoms. The van der Waals surface area contributed by atoms with E-state index in [1.807, 2.05) is 13.8 Å². The summed E-state index contributed by atoms with van der Waals surface area (Å²) in [5.74, 6) is -1.16. The Morgan fingerprint density at radius 3 is 2.26 bits per heavy atom. The van der Waals surface area contributed by atoms with E-state index in [1.165, 1.54) is 18.2 Å². The summed E-state index contributed by atoms with van der Waals surface area (Å²) in [5, 5.41) is 8.73. The van der Waals surface area contributed by atoms with Crippen LogP contribution in [0.4, 0.5) is 0 Å². The van der Waals surface area contributed by atoms with Gasteiger partial charge in [-0.15, -0.1) is 0 Å². The highest BCUT2D eigenvalue weighted by atomic mass is 32.2. The smallest absolute Gasteiger partial charge is 0.335 e. The second-order valence-electron chi connectivity index (χ2n) is 7.09. The van der Waals surface area contributed by atoms with Crippen LogP contribution < -0.4 is 5.43 Å². The van der Waals surface area contributed by atoms with Gasteiger partial charge < -0.3 is 9.52 Å². The first-order chi connectivity index (χ1) is 12.5. The Bertz CT molecular complexity index is 1230. The first-order valence-electron chi connectivity index (χ1n) is 8.55. The molecule has 0 aliphatic heterocycles. The normalized spacial score (nSPS) is 12.4. The van der Waals surface area contributed by atoms with Crippen LogP contribution in [0.5, 0.6) is 0 Å². The van der Waals surface area contributed by atoms with Gasteiger partial charge in [-0.1, -0.05) is 13.8 Å². The number of carboxylic acid groups (broad SMARTS) is 1. The van der Waals surface area contributed by atoms with Gasteiger partial charge in [0.2, 0.25) is 5.43 Å². The number of benzene rings is 2. The van der Waals surface area contributed by atoms with Crippen LogP contribution in [-0.2, 0) is 9.84 Å². The van der Waals surface area contributed by atoms with Crippen molar-refractivity contribution in [1.29, 1.82) is 0 Å². The van der Waals surface area contributed by atoms with Crippen molar-refractivity contribution >= 4 is 37.7 Å². The van der Waals surface area contributed by atoms with Crippen LogP contribution in [0.3, 0.4) is 0 Å². The Balaban J connectivity index is 2.53. The first-order valence-corrected chi connectivity index (χ1v) is 10.1. The predicted molar refractivity (Wildman–Crippen MR) is 103 cm³/mol. The summed E-state index contributed by atoms with van der Waals surface area (Å²) in [6.45, 7) is 6.94. The van der Waals surface area contributed by atoms with E-state index in [9.17, 15) is 18.0 Å². The number of hydrogen-bond donors (Lipinski definition) is 1. The molecule has 0 aliphatic rings. The Morgan fingerprint density at radius 2 is 1.70 bits per heavy atom. The van der Waals surface area contributed by atoms with E-state index < -0.39 is 26.5 Å². The zero-order valence-corrected chi connectivity index (χ0v) is 16.3. The molecule has 3 rings (SSSR count). The molecule has 0 radical (unpaired) electrons. The highest BCUT2D eigenvalue weighted by Crippen LogP contribution is 2.31. The summed E-state index contributed by atoms with van der Waals surface area (Å²) >= 11 is 0. The zero-order valence-electron chi connectivity index (χ0n) is 15.4. The lowest BCUT2D eigenvalue weighted by molar-refractivity contribution is 0.0697. The van der Waals surface area contributed by atoms with Crippen molar-refractivity contribution in [1.82, 2.24) is 0 Å². The lowest BCUT2D eigenvalue weighted by atomic mass is 10.0. The summed E-state index contributed by atoms with van der Waals surface area (Å²) in [4.78, 5) is 24.2. The Labute approximate surface area is 156 Å². The minimum atomic E-state index is -3.69. The molecule has 1 N–H and O–H groups in total. The summed E-state index contributed by atoms with van der Waals surface area (Å²) in [6, 6.07) is 7.13. The van der Waals surface area contributed by atoms with Gasteiger partial charge in [0, 0.05) is 0 Å². The van der Waals surface area contributed by atoms with Gasteiger partial charge >= 0.3 is 5.97 Å². The maximum atomic E-state index is 13.0. The second kappa shape index (κ2) is 6.49. The molecule has 0 saturated carbocycles. The van der Waals surface area contributed by atoms with Crippen molar-refractivity contribution in [2.45, 2.75) is 43.8 Å². The van der Waals surface area contributed by atoms with Crippen LogP contribution in [0.25, 0.3) is 21.9 Å². The fourth-order valence-electron chi connectivity index (χ4n) is 2.88. The van der Waals surface area contributed by atoms with Gasteiger partial charge in [0.15, 0.2) is 15.4 Å². The van der Waals surface area contributed by atoms with Crippen LogP contribution in [0.15, 0.2) is 44.4 Å². The van der Waals surface area contributed by atoms with Crippen LogP contribution >= 0.6 is 0 Å². The third-order valence-electron chi connectivity index (χ3n) is 4.60. The van der Waals surface area contributed by atoms with E-state index in [4.69, 9.17) is 9.52 Å². The van der Waals surface area contributed by atoms with E-state index in [-0.39, 0.29) is 38.3 Å². The Morgan fingerprint density at radius 1 is 1.04 bits per heavy atom. The van der Waals surface area contributed by atoms with E-state index in [1.54, 1.807) is 26.0 Å². The molecule has 0 amide bonds. The zero-order chi connectivity index (χ0) is 20.1. The number of sulfone groups is 1. The molecule has 7 heteroatoms. The predicted octanol–water partition coefficient (Wildman–Crippen LogP) is 3.95. The average Bonchev–Trinajstić information content (AvgIpc) is 2.60. The van der Waals surface area contributed by atoms with Crippen LogP contribution in [-0.4, -0.2) is 24.7 Å². The van der Waals surface area contributed by atoms with Gasteiger partial charge in [0.1, 0.15) is 10.5 Å². The molecule has 0 atom stereocenters. The Kier molecular flexibility index (Phi) is 4.59. The molecule has 3 aromatic rings. The SMILES string of the molecule is CC(C)c1cc(S(=O)(=O)C(C)C)c2oc3ccc(C(=O)O)cc3c(=O)c2c1. The highest BCUT2D eigenvalue weighted by molar-refractivity contribution is 7.92. The van der Waals surface area contributed by atoms with Gasteiger partial charge in [0.05, 0.1) is 21.6 Å². The van der Waals surface area contributed by atoms with Crippen molar-refractivity contribution in [3.05, 3.63) is 51.7 Å². The largest absolute Gasteiger partial charge is 0.478 e. The van der Waals surface area contributed by atoms with Crippen LogP contribution in [0.1, 0.15) is 49.5 Å². The number of carbonyl (C=O) groups is 1.